The van der Waals surface area contributed by atoms with E-state index in [-0.39, 0.29) is 18.0 Å². The van der Waals surface area contributed by atoms with E-state index in [1.807, 2.05) is 49.4 Å². The van der Waals surface area contributed by atoms with Crippen LogP contribution in [-0.2, 0) is 0 Å². The highest BCUT2D eigenvalue weighted by Crippen LogP contribution is 2.30. The average molecular weight is 378 g/mol. The number of nitrogens with zero attached hydrogens (tertiary/aromatic N) is 1. The molecule has 0 spiro atoms. The van der Waals surface area contributed by atoms with Gasteiger partial charge in [0, 0.05) is 35.6 Å². The molecule has 2 aromatic rings. The van der Waals surface area contributed by atoms with Gasteiger partial charge in [-0.15, -0.1) is 0 Å². The number of anilines is 2. The Hall–Kier alpha value is -2.86. The van der Waals surface area contributed by atoms with Crippen molar-refractivity contribution >= 4 is 23.3 Å². The van der Waals surface area contributed by atoms with Gasteiger partial charge in [-0.1, -0.05) is 24.3 Å². The zero-order valence-electron chi connectivity index (χ0n) is 16.1. The van der Waals surface area contributed by atoms with Crippen LogP contribution in [-0.4, -0.2) is 42.0 Å². The first-order valence-corrected chi connectivity index (χ1v) is 9.89. The first kappa shape index (κ1) is 18.5. The molecule has 2 aliphatic rings. The van der Waals surface area contributed by atoms with Gasteiger partial charge in [-0.25, -0.2) is 4.79 Å². The quantitative estimate of drug-likeness (QED) is 0.764. The molecule has 146 valence electrons. The molecule has 2 heterocycles. The van der Waals surface area contributed by atoms with Gasteiger partial charge >= 0.3 is 6.03 Å². The number of hydrogen-bond donors (Lipinski definition) is 3. The van der Waals surface area contributed by atoms with Gasteiger partial charge in [-0.3, -0.25) is 4.79 Å². The Morgan fingerprint density at radius 2 is 1.79 bits per heavy atom. The molecule has 28 heavy (non-hydrogen) atoms. The van der Waals surface area contributed by atoms with Crippen molar-refractivity contribution in [2.75, 3.05) is 23.7 Å². The largest absolute Gasteiger partial charge is 0.331 e. The van der Waals surface area contributed by atoms with Crippen LogP contribution < -0.4 is 16.0 Å². The number of benzene rings is 2. The van der Waals surface area contributed by atoms with E-state index in [2.05, 4.69) is 20.9 Å². The second-order valence-corrected chi connectivity index (χ2v) is 7.57. The molecule has 2 fully saturated rings. The van der Waals surface area contributed by atoms with E-state index in [4.69, 9.17) is 0 Å². The zero-order chi connectivity index (χ0) is 19.5. The molecule has 0 aromatic heterocycles. The number of aryl methyl sites for hydroxylation is 1. The molecule has 3 amide bonds. The Kier molecular flexibility index (Phi) is 5.30. The minimum absolute atomic E-state index is 0.0581. The summed E-state index contributed by atoms with van der Waals surface area (Å²) in [7, 11) is 0. The lowest BCUT2D eigenvalue weighted by atomic mass is 10.1. The summed E-state index contributed by atoms with van der Waals surface area (Å²) in [5, 5.41) is 9.11. The van der Waals surface area contributed by atoms with Gasteiger partial charge in [0.05, 0.1) is 0 Å². The van der Waals surface area contributed by atoms with E-state index in [9.17, 15) is 9.59 Å². The maximum atomic E-state index is 13.2. The lowest BCUT2D eigenvalue weighted by molar-refractivity contribution is 0.0680. The molecule has 4 rings (SSSR count). The number of para-hydroxylation sites is 1. The molecular weight excluding hydrogens is 352 g/mol. The number of fused-ring (bicyclic) bond motifs is 2. The molecule has 0 saturated carbocycles. The van der Waals surface area contributed by atoms with Crippen molar-refractivity contribution in [2.45, 2.75) is 38.3 Å². The van der Waals surface area contributed by atoms with E-state index < -0.39 is 0 Å². The predicted molar refractivity (Wildman–Crippen MR) is 111 cm³/mol. The number of amides is 3. The summed E-state index contributed by atoms with van der Waals surface area (Å²) in [5.74, 6) is 0.0581. The van der Waals surface area contributed by atoms with Gasteiger partial charge in [0.2, 0.25) is 0 Å². The standard InChI is InChI=1S/C22H26N4O2/c1-15-7-8-16(21(27)26-18-9-10-19(26)14-23-12-11-18)13-20(15)25-22(28)24-17-5-3-2-4-6-17/h2-8,13,18-19,23H,9-12,14H2,1H3,(H2,24,25,28). The van der Waals surface area contributed by atoms with E-state index in [0.29, 0.717) is 17.3 Å². The minimum Gasteiger partial charge on any atom is -0.331 e. The van der Waals surface area contributed by atoms with Gasteiger partial charge in [0.25, 0.3) is 5.91 Å². The Labute approximate surface area is 165 Å². The van der Waals surface area contributed by atoms with Crippen LogP contribution in [0.1, 0.15) is 35.2 Å². The van der Waals surface area contributed by atoms with Gasteiger partial charge in [0.15, 0.2) is 0 Å². The molecule has 2 unspecified atom stereocenters. The molecule has 6 heteroatoms. The maximum Gasteiger partial charge on any atom is 0.323 e. The summed E-state index contributed by atoms with van der Waals surface area (Å²) in [4.78, 5) is 27.6. The van der Waals surface area contributed by atoms with Crippen molar-refractivity contribution in [3.63, 3.8) is 0 Å². The van der Waals surface area contributed by atoms with Crippen LogP contribution in [0.5, 0.6) is 0 Å². The van der Waals surface area contributed by atoms with Crippen LogP contribution in [0.3, 0.4) is 0 Å². The Balaban J connectivity index is 1.50. The lowest BCUT2D eigenvalue weighted by Crippen LogP contribution is -2.42. The predicted octanol–water partition coefficient (Wildman–Crippen LogP) is 3.61. The zero-order valence-corrected chi connectivity index (χ0v) is 16.1. The highest BCUT2D eigenvalue weighted by atomic mass is 16.2. The van der Waals surface area contributed by atoms with Crippen LogP contribution in [0.15, 0.2) is 48.5 Å². The second kappa shape index (κ2) is 8.02. The monoisotopic (exact) mass is 378 g/mol. The van der Waals surface area contributed by atoms with Crippen molar-refractivity contribution in [3.05, 3.63) is 59.7 Å². The summed E-state index contributed by atoms with van der Waals surface area (Å²) < 4.78 is 0. The fourth-order valence-corrected chi connectivity index (χ4v) is 4.16. The molecule has 2 saturated heterocycles. The van der Waals surface area contributed by atoms with Crippen molar-refractivity contribution in [2.24, 2.45) is 0 Å². The van der Waals surface area contributed by atoms with Gasteiger partial charge in [0.1, 0.15) is 0 Å². The third-order valence-electron chi connectivity index (χ3n) is 5.65. The van der Waals surface area contributed by atoms with E-state index in [0.717, 1.165) is 43.6 Å². The Morgan fingerprint density at radius 1 is 1.00 bits per heavy atom. The van der Waals surface area contributed by atoms with E-state index >= 15 is 0 Å². The summed E-state index contributed by atoms with van der Waals surface area (Å²) in [6.45, 7) is 3.75. The van der Waals surface area contributed by atoms with Crippen LogP contribution in [0.4, 0.5) is 16.2 Å². The molecule has 0 radical (unpaired) electrons. The van der Waals surface area contributed by atoms with Crippen molar-refractivity contribution in [3.8, 4) is 0 Å². The van der Waals surface area contributed by atoms with Crippen molar-refractivity contribution in [1.29, 1.82) is 0 Å². The third kappa shape index (κ3) is 3.87. The fraction of sp³-hybridized carbons (Fsp3) is 0.364. The second-order valence-electron chi connectivity index (χ2n) is 7.57. The number of carbonyl (C=O) groups is 2. The highest BCUT2D eigenvalue weighted by molar-refractivity contribution is 6.02. The maximum absolute atomic E-state index is 13.2. The smallest absolute Gasteiger partial charge is 0.323 e. The van der Waals surface area contributed by atoms with Gasteiger partial charge in [-0.2, -0.15) is 0 Å². The Morgan fingerprint density at radius 3 is 2.61 bits per heavy atom. The van der Waals surface area contributed by atoms with E-state index in [1.165, 1.54) is 0 Å². The molecule has 2 aliphatic heterocycles. The summed E-state index contributed by atoms with van der Waals surface area (Å²) in [6.07, 6.45) is 3.13. The minimum atomic E-state index is -0.321. The molecule has 2 aromatic carbocycles. The Bertz CT molecular complexity index is 854. The van der Waals surface area contributed by atoms with Crippen LogP contribution in [0.25, 0.3) is 0 Å². The van der Waals surface area contributed by atoms with Crippen LogP contribution in [0.2, 0.25) is 0 Å². The molecule has 3 N–H and O–H groups in total. The summed E-state index contributed by atoms with van der Waals surface area (Å²) >= 11 is 0. The normalized spacial score (nSPS) is 21.1. The first-order valence-electron chi connectivity index (χ1n) is 9.89. The number of urea groups is 1. The molecule has 0 aliphatic carbocycles. The first-order chi connectivity index (χ1) is 13.6. The number of rotatable bonds is 3. The van der Waals surface area contributed by atoms with Crippen molar-refractivity contribution < 1.29 is 9.59 Å². The molecular formula is C22H26N4O2. The lowest BCUT2D eigenvalue weighted by Gasteiger charge is -2.28. The molecule has 6 nitrogen and oxygen atoms in total. The summed E-state index contributed by atoms with van der Waals surface area (Å²) in [5.41, 5.74) is 2.91. The highest BCUT2D eigenvalue weighted by Gasteiger charge is 2.38. The number of hydrogen-bond acceptors (Lipinski definition) is 3. The molecule has 2 atom stereocenters. The number of nitrogens with one attached hydrogen (secondary N) is 3. The topological polar surface area (TPSA) is 73.5 Å². The summed E-state index contributed by atoms with van der Waals surface area (Å²) in [6, 6.07) is 15.1. The van der Waals surface area contributed by atoms with Crippen LogP contribution in [0, 0.1) is 6.92 Å². The van der Waals surface area contributed by atoms with E-state index in [1.54, 1.807) is 6.07 Å². The van der Waals surface area contributed by atoms with Gasteiger partial charge < -0.3 is 20.9 Å². The third-order valence-corrected chi connectivity index (χ3v) is 5.65. The SMILES string of the molecule is Cc1ccc(C(=O)N2C3CCNCC2CC3)cc1NC(=O)Nc1ccccc1. The van der Waals surface area contributed by atoms with Crippen LogP contribution >= 0.6 is 0 Å². The fourth-order valence-electron chi connectivity index (χ4n) is 4.16. The molecule has 2 bridgehead atoms. The average Bonchev–Trinajstić information content (AvgIpc) is 2.96. The number of carbonyl (C=O) groups excluding carboxylic acids is 2. The van der Waals surface area contributed by atoms with Gasteiger partial charge in [-0.05, 0) is 62.6 Å². The van der Waals surface area contributed by atoms with Crippen molar-refractivity contribution in [1.82, 2.24) is 10.2 Å².